The molecular formula is C10H23F3LiNO6S2. The molecule has 2 N–H and O–H groups in total. The predicted molar refractivity (Wildman–Crippen MR) is 76.8 cm³/mol. The van der Waals surface area contributed by atoms with E-state index in [1.807, 2.05) is 6.92 Å². The molecule has 0 spiro atoms. The van der Waals surface area contributed by atoms with Gasteiger partial charge in [-0.3, -0.25) is 9.11 Å². The molecule has 7 nitrogen and oxygen atoms in total. The Bertz CT molecular complexity index is 495. The second kappa shape index (κ2) is 12.5. The summed E-state index contributed by atoms with van der Waals surface area (Å²) in [5.74, 6) is -0.108. The number of hydrogen-bond acceptors (Lipinski definition) is 5. The van der Waals surface area contributed by atoms with E-state index in [0.717, 1.165) is 6.42 Å². The van der Waals surface area contributed by atoms with E-state index in [9.17, 15) is 21.6 Å². The molecule has 13 heteroatoms. The van der Waals surface area contributed by atoms with Crippen molar-refractivity contribution in [3.63, 3.8) is 0 Å². The van der Waals surface area contributed by atoms with Crippen LogP contribution < -0.4 is 18.9 Å². The summed E-state index contributed by atoms with van der Waals surface area (Å²) in [6.45, 7) is 4.51. The van der Waals surface area contributed by atoms with Gasteiger partial charge in [-0.2, -0.15) is 30.0 Å². The molecule has 0 radical (unpaired) electrons. The molecule has 1 heterocycles. The number of nitrogens with zero attached hydrogens (tertiary/aromatic N) is 1. The summed E-state index contributed by atoms with van der Waals surface area (Å²) in [6, 6.07) is 0. The largest absolute Gasteiger partial charge is 1.00 e. The van der Waals surface area contributed by atoms with E-state index in [4.69, 9.17) is 17.5 Å². The third kappa shape index (κ3) is 20.1. The smallest absolute Gasteiger partial charge is 1.00 e. The van der Waals surface area contributed by atoms with E-state index in [-0.39, 0.29) is 26.0 Å². The number of hydrogen-bond donors (Lipinski definition) is 2. The Hall–Kier alpha value is 0.167. The molecular weight excluding hydrogens is 358 g/mol. The van der Waals surface area contributed by atoms with Crippen molar-refractivity contribution in [2.75, 3.05) is 25.9 Å². The maximum atomic E-state index is 10.7. The molecule has 1 aliphatic heterocycles. The molecule has 0 aromatic heterocycles. The fraction of sp³-hybridized carbons (Fsp3) is 1.00. The van der Waals surface area contributed by atoms with Crippen molar-refractivity contribution in [1.82, 2.24) is 4.90 Å². The van der Waals surface area contributed by atoms with Crippen LogP contribution in [0.1, 0.15) is 34.0 Å². The molecule has 23 heavy (non-hydrogen) atoms. The van der Waals surface area contributed by atoms with Gasteiger partial charge in [0.15, 0.2) is 0 Å². The quantitative estimate of drug-likeness (QED) is 0.362. The molecule has 1 aliphatic rings. The zero-order valence-corrected chi connectivity index (χ0v) is 15.0. The Morgan fingerprint density at radius 2 is 1.43 bits per heavy atom. The van der Waals surface area contributed by atoms with Gasteiger partial charge in [0.25, 0.3) is 10.1 Å². The number of likely N-dealkylation sites (tertiary alicyclic amines) is 1. The van der Waals surface area contributed by atoms with Crippen LogP contribution in [0.25, 0.3) is 0 Å². The number of alkyl halides is 3. The van der Waals surface area contributed by atoms with Gasteiger partial charge in [0.2, 0.25) is 0 Å². The first-order chi connectivity index (χ1) is 9.70. The monoisotopic (exact) mass is 381 g/mol. The molecule has 138 valence electrons. The molecule has 0 atom stereocenters. The van der Waals surface area contributed by atoms with Crippen LogP contribution in [-0.2, 0) is 20.2 Å². The second-order valence-corrected chi connectivity index (χ2v) is 7.56. The first-order valence-corrected chi connectivity index (χ1v) is 9.43. The van der Waals surface area contributed by atoms with Crippen LogP contribution in [-0.4, -0.2) is 62.2 Å². The SMILES string of the molecule is CCCCS(=O)(=O)O.CN1CCCC1.O=S(=O)(O)C(F)(F)F.[H-].[Li+]. The number of rotatable bonds is 3. The maximum absolute atomic E-state index is 10.7. The van der Waals surface area contributed by atoms with Crippen LogP contribution in [0.5, 0.6) is 0 Å². The fourth-order valence-electron chi connectivity index (χ4n) is 1.20. The Kier molecular flexibility index (Phi) is 15.2. The Morgan fingerprint density at radius 1 is 1.09 bits per heavy atom. The molecule has 0 aromatic rings. The van der Waals surface area contributed by atoms with Gasteiger partial charge in [0.05, 0.1) is 5.75 Å². The van der Waals surface area contributed by atoms with Crippen LogP contribution in [0.15, 0.2) is 0 Å². The van der Waals surface area contributed by atoms with E-state index < -0.39 is 25.7 Å². The van der Waals surface area contributed by atoms with Crippen molar-refractivity contribution in [1.29, 1.82) is 0 Å². The summed E-state index contributed by atoms with van der Waals surface area (Å²) >= 11 is 0. The maximum Gasteiger partial charge on any atom is 1.00 e. The van der Waals surface area contributed by atoms with Crippen molar-refractivity contribution in [3.8, 4) is 0 Å². The van der Waals surface area contributed by atoms with Gasteiger partial charge in [-0.05, 0) is 39.4 Å². The standard InChI is InChI=1S/C5H11N.C4H10O3S.CHF3O3S.Li.H/c1-6-4-2-3-5-6;1-2-3-4-8(5,6)7;2-1(3,4)8(5,6)7;;/h2-5H2,1H3;2-4H2,1H3,(H,5,6,7);(H,5,6,7);;/q;;;+1;-1. The summed E-state index contributed by atoms with van der Waals surface area (Å²) < 4.78 is 85.6. The van der Waals surface area contributed by atoms with Gasteiger partial charge < -0.3 is 6.33 Å². The topological polar surface area (TPSA) is 112 Å². The van der Waals surface area contributed by atoms with Crippen LogP contribution in [0.4, 0.5) is 13.2 Å². The average molecular weight is 381 g/mol. The molecule has 1 fully saturated rings. The van der Waals surface area contributed by atoms with Gasteiger partial charge in [0, 0.05) is 0 Å². The van der Waals surface area contributed by atoms with E-state index >= 15 is 0 Å². The predicted octanol–water partition coefficient (Wildman–Crippen LogP) is -1.10. The Morgan fingerprint density at radius 3 is 1.52 bits per heavy atom. The van der Waals surface area contributed by atoms with Crippen LogP contribution >= 0.6 is 0 Å². The molecule has 0 amide bonds. The Labute approximate surface area is 148 Å². The van der Waals surface area contributed by atoms with Crippen molar-refractivity contribution >= 4 is 20.2 Å². The minimum Gasteiger partial charge on any atom is -1.00 e. The van der Waals surface area contributed by atoms with Gasteiger partial charge in [0.1, 0.15) is 0 Å². The summed E-state index contributed by atoms with van der Waals surface area (Å²) in [5.41, 5.74) is -5.53. The molecule has 0 aliphatic carbocycles. The van der Waals surface area contributed by atoms with Crippen LogP contribution in [0.3, 0.4) is 0 Å². The molecule has 0 aromatic carbocycles. The first-order valence-electron chi connectivity index (χ1n) is 6.38. The van der Waals surface area contributed by atoms with Gasteiger partial charge >= 0.3 is 34.5 Å². The average Bonchev–Trinajstić information content (AvgIpc) is 2.75. The molecule has 0 bridgehead atoms. The minimum atomic E-state index is -5.84. The third-order valence-electron chi connectivity index (χ3n) is 2.38. The minimum absolute atomic E-state index is 0. The van der Waals surface area contributed by atoms with E-state index in [1.54, 1.807) is 0 Å². The van der Waals surface area contributed by atoms with Gasteiger partial charge in [-0.1, -0.05) is 13.3 Å². The van der Waals surface area contributed by atoms with E-state index in [1.165, 1.54) is 25.9 Å². The normalized spacial score (nSPS) is 15.6. The Balaban J connectivity index is -0.000000121. The number of halogens is 3. The van der Waals surface area contributed by atoms with Crippen molar-refractivity contribution in [2.24, 2.45) is 0 Å². The summed E-state index contributed by atoms with van der Waals surface area (Å²) in [6.07, 6.45) is 4.16. The van der Waals surface area contributed by atoms with Crippen molar-refractivity contribution < 1.29 is 59.4 Å². The molecule has 0 saturated carbocycles. The van der Waals surface area contributed by atoms with Crippen molar-refractivity contribution in [2.45, 2.75) is 38.1 Å². The molecule has 1 rings (SSSR count). The van der Waals surface area contributed by atoms with Crippen LogP contribution in [0.2, 0.25) is 0 Å². The van der Waals surface area contributed by atoms with E-state index in [0.29, 0.717) is 6.42 Å². The summed E-state index contributed by atoms with van der Waals surface area (Å²) in [4.78, 5) is 2.36. The van der Waals surface area contributed by atoms with Crippen LogP contribution in [0, 0.1) is 0 Å². The second-order valence-electron chi connectivity index (χ2n) is 4.57. The number of unbranched alkanes of at least 4 members (excludes halogenated alkanes) is 1. The van der Waals surface area contributed by atoms with E-state index in [2.05, 4.69) is 11.9 Å². The summed E-state index contributed by atoms with van der Waals surface area (Å²) in [5, 5.41) is 0. The summed E-state index contributed by atoms with van der Waals surface area (Å²) in [7, 11) is -7.35. The molecule has 0 unspecified atom stereocenters. The van der Waals surface area contributed by atoms with Gasteiger partial charge in [-0.25, -0.2) is 0 Å². The third-order valence-corrected chi connectivity index (χ3v) is 3.77. The zero-order valence-electron chi connectivity index (χ0n) is 14.4. The fourth-order valence-corrected chi connectivity index (χ4v) is 1.86. The van der Waals surface area contributed by atoms with Crippen molar-refractivity contribution in [3.05, 3.63) is 0 Å². The van der Waals surface area contributed by atoms with Gasteiger partial charge in [-0.15, -0.1) is 0 Å². The first kappa shape index (κ1) is 28.0. The molecule has 1 saturated heterocycles. The zero-order chi connectivity index (χ0) is 18.0.